The number of hydrogen-bond donors (Lipinski definition) is 0. The summed E-state index contributed by atoms with van der Waals surface area (Å²) in [7, 11) is 0. The first-order valence-corrected chi connectivity index (χ1v) is 4.07. The molecule has 0 saturated heterocycles. The van der Waals surface area contributed by atoms with Crippen LogP contribution in [0.1, 0.15) is 17.9 Å². The number of rotatable bonds is 1. The van der Waals surface area contributed by atoms with Crippen molar-refractivity contribution in [3.05, 3.63) is 35.4 Å². The summed E-state index contributed by atoms with van der Waals surface area (Å²) in [4.78, 5) is 0. The molecule has 2 atom stereocenters. The molecule has 13 heavy (non-hydrogen) atoms. The van der Waals surface area contributed by atoms with E-state index in [1.165, 1.54) is 6.07 Å². The molecule has 0 radical (unpaired) electrons. The molecule has 1 aromatic rings. The first-order valence-electron chi connectivity index (χ1n) is 4.07. The van der Waals surface area contributed by atoms with Crippen LogP contribution in [0.25, 0.3) is 0 Å². The normalized spacial score (nSPS) is 25.3. The van der Waals surface area contributed by atoms with Crippen LogP contribution < -0.4 is 0 Å². The zero-order chi connectivity index (χ0) is 9.42. The molecule has 0 amide bonds. The van der Waals surface area contributed by atoms with Crippen molar-refractivity contribution in [2.75, 3.05) is 0 Å². The van der Waals surface area contributed by atoms with Crippen LogP contribution in [0.3, 0.4) is 0 Å². The van der Waals surface area contributed by atoms with E-state index in [0.717, 1.165) is 18.1 Å². The number of nitriles is 1. The van der Waals surface area contributed by atoms with E-state index in [0.29, 0.717) is 0 Å². The smallest absolute Gasteiger partial charge is 0.159 e. The van der Waals surface area contributed by atoms with Crippen molar-refractivity contribution >= 4 is 0 Å². The van der Waals surface area contributed by atoms with Gasteiger partial charge < -0.3 is 0 Å². The number of benzene rings is 1. The Morgan fingerprint density at radius 1 is 1.31 bits per heavy atom. The molecule has 1 aliphatic carbocycles. The number of hydrogen-bond acceptors (Lipinski definition) is 1. The van der Waals surface area contributed by atoms with E-state index < -0.39 is 11.6 Å². The zero-order valence-electron chi connectivity index (χ0n) is 6.80. The molecule has 0 aromatic heterocycles. The van der Waals surface area contributed by atoms with E-state index in [1.807, 2.05) is 0 Å². The van der Waals surface area contributed by atoms with Gasteiger partial charge in [-0.25, -0.2) is 8.78 Å². The van der Waals surface area contributed by atoms with Gasteiger partial charge in [0.2, 0.25) is 0 Å². The fraction of sp³-hybridized carbons (Fsp3) is 0.300. The highest BCUT2D eigenvalue weighted by Crippen LogP contribution is 2.46. The third kappa shape index (κ3) is 1.40. The van der Waals surface area contributed by atoms with Crippen LogP contribution in [0.15, 0.2) is 18.2 Å². The number of nitrogens with zero attached hydrogens (tertiary/aromatic N) is 1. The fourth-order valence-corrected chi connectivity index (χ4v) is 1.45. The number of halogens is 2. The largest absolute Gasteiger partial charge is 0.204 e. The molecule has 0 bridgehead atoms. The third-order valence-electron chi connectivity index (χ3n) is 2.33. The quantitative estimate of drug-likeness (QED) is 0.650. The predicted molar refractivity (Wildman–Crippen MR) is 42.8 cm³/mol. The van der Waals surface area contributed by atoms with Crippen molar-refractivity contribution < 1.29 is 8.78 Å². The summed E-state index contributed by atoms with van der Waals surface area (Å²) in [5.74, 6) is -1.57. The molecule has 0 heterocycles. The van der Waals surface area contributed by atoms with E-state index in [1.54, 1.807) is 6.07 Å². The average Bonchev–Trinajstić information content (AvgIpc) is 2.88. The highest BCUT2D eigenvalue weighted by Gasteiger charge is 2.38. The molecule has 1 nitrogen and oxygen atoms in total. The van der Waals surface area contributed by atoms with Crippen LogP contribution in [-0.4, -0.2) is 0 Å². The molecular formula is C10H7F2N. The maximum atomic E-state index is 12.7. The lowest BCUT2D eigenvalue weighted by Crippen LogP contribution is -1.88. The summed E-state index contributed by atoms with van der Waals surface area (Å²) in [6.07, 6.45) is 0.765. The van der Waals surface area contributed by atoms with Gasteiger partial charge in [0.15, 0.2) is 11.6 Å². The lowest BCUT2D eigenvalue weighted by molar-refractivity contribution is 0.507. The fourth-order valence-electron chi connectivity index (χ4n) is 1.45. The van der Waals surface area contributed by atoms with Crippen molar-refractivity contribution in [3.63, 3.8) is 0 Å². The average molecular weight is 179 g/mol. The van der Waals surface area contributed by atoms with Crippen LogP contribution >= 0.6 is 0 Å². The zero-order valence-corrected chi connectivity index (χ0v) is 6.80. The molecule has 2 unspecified atom stereocenters. The Hall–Kier alpha value is -1.43. The van der Waals surface area contributed by atoms with Gasteiger partial charge in [-0.15, -0.1) is 0 Å². The van der Waals surface area contributed by atoms with Crippen molar-refractivity contribution in [2.45, 2.75) is 12.3 Å². The molecule has 2 rings (SSSR count). The predicted octanol–water partition coefficient (Wildman–Crippen LogP) is 2.59. The summed E-state index contributed by atoms with van der Waals surface area (Å²) >= 11 is 0. The molecule has 0 aliphatic heterocycles. The Bertz CT molecular complexity index is 381. The van der Waals surface area contributed by atoms with Gasteiger partial charge in [0, 0.05) is 5.92 Å². The Balaban J connectivity index is 2.25. The van der Waals surface area contributed by atoms with Crippen molar-refractivity contribution in [1.82, 2.24) is 0 Å². The second kappa shape index (κ2) is 2.81. The van der Waals surface area contributed by atoms with Gasteiger partial charge in [-0.1, -0.05) is 6.07 Å². The second-order valence-electron chi connectivity index (χ2n) is 3.25. The van der Waals surface area contributed by atoms with Crippen LogP contribution in [-0.2, 0) is 0 Å². The Morgan fingerprint density at radius 2 is 2.08 bits per heavy atom. The van der Waals surface area contributed by atoms with E-state index in [-0.39, 0.29) is 11.8 Å². The monoisotopic (exact) mass is 179 g/mol. The van der Waals surface area contributed by atoms with Gasteiger partial charge in [0.1, 0.15) is 0 Å². The van der Waals surface area contributed by atoms with Gasteiger partial charge in [-0.3, -0.25) is 0 Å². The maximum absolute atomic E-state index is 12.7. The molecule has 1 saturated carbocycles. The SMILES string of the molecule is N#CC1CC1c1ccc(F)c(F)c1. The van der Waals surface area contributed by atoms with Gasteiger partial charge in [0.05, 0.1) is 12.0 Å². The standard InChI is InChI=1S/C10H7F2N/c11-9-2-1-6(4-10(9)12)8-3-7(8)5-13/h1-2,4,7-8H,3H2. The van der Waals surface area contributed by atoms with Crippen LogP contribution in [0.5, 0.6) is 0 Å². The van der Waals surface area contributed by atoms with Crippen molar-refractivity contribution in [3.8, 4) is 6.07 Å². The highest BCUT2D eigenvalue weighted by atomic mass is 19.2. The van der Waals surface area contributed by atoms with Crippen LogP contribution in [0.2, 0.25) is 0 Å². The summed E-state index contributed by atoms with van der Waals surface area (Å²) in [5, 5.41) is 8.54. The molecule has 1 fully saturated rings. The minimum absolute atomic E-state index is 0.00939. The lowest BCUT2D eigenvalue weighted by atomic mass is 10.1. The first kappa shape index (κ1) is 8.18. The first-order chi connectivity index (χ1) is 6.22. The van der Waals surface area contributed by atoms with E-state index >= 15 is 0 Å². The lowest BCUT2D eigenvalue weighted by Gasteiger charge is -1.98. The Morgan fingerprint density at radius 3 is 2.62 bits per heavy atom. The highest BCUT2D eigenvalue weighted by molar-refractivity contribution is 5.29. The summed E-state index contributed by atoms with van der Waals surface area (Å²) < 4.78 is 25.3. The summed E-state index contributed by atoms with van der Waals surface area (Å²) in [5.41, 5.74) is 0.727. The van der Waals surface area contributed by atoms with Gasteiger partial charge >= 0.3 is 0 Å². The van der Waals surface area contributed by atoms with Crippen LogP contribution in [0.4, 0.5) is 8.78 Å². The maximum Gasteiger partial charge on any atom is 0.159 e. The minimum Gasteiger partial charge on any atom is -0.204 e. The van der Waals surface area contributed by atoms with Crippen molar-refractivity contribution in [2.24, 2.45) is 5.92 Å². The summed E-state index contributed by atoms with van der Waals surface area (Å²) in [6, 6.07) is 5.93. The molecule has 0 spiro atoms. The molecule has 0 N–H and O–H groups in total. The van der Waals surface area contributed by atoms with Crippen molar-refractivity contribution in [1.29, 1.82) is 5.26 Å². The molecule has 66 valence electrons. The third-order valence-corrected chi connectivity index (χ3v) is 2.33. The van der Waals surface area contributed by atoms with Gasteiger partial charge in [-0.05, 0) is 24.1 Å². The van der Waals surface area contributed by atoms with E-state index in [9.17, 15) is 8.78 Å². The minimum atomic E-state index is -0.835. The van der Waals surface area contributed by atoms with Crippen LogP contribution in [0, 0.1) is 28.9 Å². The molecular weight excluding hydrogens is 172 g/mol. The van der Waals surface area contributed by atoms with E-state index in [4.69, 9.17) is 5.26 Å². The topological polar surface area (TPSA) is 23.8 Å². The molecule has 1 aliphatic rings. The molecule has 1 aromatic carbocycles. The van der Waals surface area contributed by atoms with Gasteiger partial charge in [-0.2, -0.15) is 5.26 Å². The Kier molecular flexibility index (Phi) is 1.77. The second-order valence-corrected chi connectivity index (χ2v) is 3.25. The molecule has 3 heteroatoms. The Labute approximate surface area is 74.6 Å². The summed E-state index contributed by atoms with van der Waals surface area (Å²) in [6.45, 7) is 0. The van der Waals surface area contributed by atoms with E-state index in [2.05, 4.69) is 6.07 Å². The van der Waals surface area contributed by atoms with Gasteiger partial charge in [0.25, 0.3) is 0 Å².